The normalized spacial score (nSPS) is 19.8. The Morgan fingerprint density at radius 3 is 1.68 bits per heavy atom. The third-order valence-electron chi connectivity index (χ3n) is 5.73. The fraction of sp³-hybridized carbons (Fsp3) is 0.700. The Morgan fingerprint density at radius 1 is 0.840 bits per heavy atom. The Kier molecular flexibility index (Phi) is 5.50. The van der Waals surface area contributed by atoms with Crippen molar-refractivity contribution in [3.63, 3.8) is 0 Å². The van der Waals surface area contributed by atoms with Crippen molar-refractivity contribution in [2.75, 3.05) is 13.2 Å². The van der Waals surface area contributed by atoms with Crippen molar-refractivity contribution in [1.82, 2.24) is 19.9 Å². The zero-order valence-corrected chi connectivity index (χ0v) is 15.0. The van der Waals surface area contributed by atoms with Crippen LogP contribution in [-0.4, -0.2) is 33.1 Å². The maximum absolute atomic E-state index is 6.02. The number of aromatic nitrogens is 4. The highest BCUT2D eigenvalue weighted by Gasteiger charge is 2.28. The van der Waals surface area contributed by atoms with Crippen LogP contribution in [0.5, 0.6) is 0 Å². The van der Waals surface area contributed by atoms with Crippen LogP contribution in [-0.2, 0) is 4.74 Å². The van der Waals surface area contributed by atoms with Gasteiger partial charge in [-0.2, -0.15) is 0 Å². The minimum atomic E-state index is 0.548. The molecule has 2 unspecified atom stereocenters. The van der Waals surface area contributed by atoms with E-state index in [-0.39, 0.29) is 0 Å². The topological polar surface area (TPSA) is 66.6 Å². The van der Waals surface area contributed by atoms with Gasteiger partial charge in [-0.25, -0.2) is 9.97 Å². The van der Waals surface area contributed by atoms with Gasteiger partial charge in [0.15, 0.2) is 0 Å². The maximum atomic E-state index is 6.02. The van der Waals surface area contributed by atoms with E-state index in [0.29, 0.717) is 11.8 Å². The van der Waals surface area contributed by atoms with E-state index in [1.165, 1.54) is 49.9 Å². The summed E-state index contributed by atoms with van der Waals surface area (Å²) < 4.78 is 6.02. The van der Waals surface area contributed by atoms with Gasteiger partial charge >= 0.3 is 0 Å². The van der Waals surface area contributed by atoms with Crippen LogP contribution in [0.3, 0.4) is 0 Å². The third-order valence-corrected chi connectivity index (χ3v) is 5.73. The summed E-state index contributed by atoms with van der Waals surface area (Å²) in [5.74, 6) is 2.94. The Labute approximate surface area is 150 Å². The highest BCUT2D eigenvalue weighted by Crippen LogP contribution is 2.40. The van der Waals surface area contributed by atoms with Gasteiger partial charge in [-0.05, 0) is 37.5 Å². The van der Waals surface area contributed by atoms with Crippen molar-refractivity contribution in [2.45, 2.75) is 63.2 Å². The second kappa shape index (κ2) is 8.17. The van der Waals surface area contributed by atoms with Gasteiger partial charge in [0.05, 0.1) is 24.0 Å². The van der Waals surface area contributed by atoms with Gasteiger partial charge in [-0.3, -0.25) is 0 Å². The molecular formula is C20H30N4O. The van der Waals surface area contributed by atoms with Crippen LogP contribution in [0.4, 0.5) is 0 Å². The molecule has 0 saturated heterocycles. The molecule has 2 fully saturated rings. The molecule has 2 aliphatic carbocycles. The van der Waals surface area contributed by atoms with E-state index in [1.807, 2.05) is 0 Å². The predicted octanol–water partition coefficient (Wildman–Crippen LogP) is 4.40. The summed E-state index contributed by atoms with van der Waals surface area (Å²) in [6.07, 6.45) is 18.0. The molecule has 2 aliphatic rings. The maximum Gasteiger partial charge on any atom is 0.0923 e. The van der Waals surface area contributed by atoms with Gasteiger partial charge in [0.1, 0.15) is 0 Å². The largest absolute Gasteiger partial charge is 0.381 e. The molecule has 2 heterocycles. The van der Waals surface area contributed by atoms with Crippen molar-refractivity contribution in [3.05, 3.63) is 36.4 Å². The van der Waals surface area contributed by atoms with E-state index in [0.717, 1.165) is 37.9 Å². The van der Waals surface area contributed by atoms with E-state index in [4.69, 9.17) is 4.74 Å². The van der Waals surface area contributed by atoms with E-state index in [9.17, 15) is 0 Å². The number of nitrogens with zero attached hydrogens (tertiary/aromatic N) is 2. The van der Waals surface area contributed by atoms with Crippen LogP contribution in [0.25, 0.3) is 0 Å². The number of ether oxygens (including phenoxy) is 1. The van der Waals surface area contributed by atoms with Gasteiger partial charge in [-0.1, -0.05) is 25.7 Å². The first-order valence-corrected chi connectivity index (χ1v) is 9.93. The molecule has 2 aromatic heterocycles. The number of hydrogen-bond acceptors (Lipinski definition) is 3. The molecule has 136 valence electrons. The number of rotatable bonds is 12. The van der Waals surface area contributed by atoms with Gasteiger partial charge in [0.2, 0.25) is 0 Å². The molecule has 0 aliphatic heterocycles. The number of aromatic amines is 2. The van der Waals surface area contributed by atoms with Gasteiger partial charge in [-0.15, -0.1) is 0 Å². The molecule has 0 radical (unpaired) electrons. The van der Waals surface area contributed by atoms with E-state index in [1.54, 1.807) is 12.7 Å². The molecule has 25 heavy (non-hydrogen) atoms. The quantitative estimate of drug-likeness (QED) is 0.562. The van der Waals surface area contributed by atoms with E-state index >= 15 is 0 Å². The second-order valence-corrected chi connectivity index (χ2v) is 7.93. The zero-order chi connectivity index (χ0) is 16.9. The lowest BCUT2D eigenvalue weighted by Crippen LogP contribution is -2.09. The summed E-state index contributed by atoms with van der Waals surface area (Å²) in [4.78, 5) is 15.1. The molecule has 0 spiro atoms. The van der Waals surface area contributed by atoms with Crippen LogP contribution in [0.2, 0.25) is 0 Å². The summed E-state index contributed by atoms with van der Waals surface area (Å²) >= 11 is 0. The molecule has 2 aromatic rings. The average Bonchev–Trinajstić information content (AvgIpc) is 3.49. The van der Waals surface area contributed by atoms with Crippen molar-refractivity contribution in [1.29, 1.82) is 0 Å². The summed E-state index contributed by atoms with van der Waals surface area (Å²) in [6.45, 7) is 1.67. The SMILES string of the molecule is c1nc(C(CCOCCC(CC2CC2)c2c[nH]cn2)CC2CC2)c[nH]1. The number of hydrogen-bond donors (Lipinski definition) is 2. The van der Waals surface area contributed by atoms with Crippen molar-refractivity contribution in [2.24, 2.45) is 11.8 Å². The van der Waals surface area contributed by atoms with Crippen molar-refractivity contribution in [3.8, 4) is 0 Å². The zero-order valence-electron chi connectivity index (χ0n) is 15.0. The van der Waals surface area contributed by atoms with Crippen molar-refractivity contribution < 1.29 is 4.74 Å². The Balaban J connectivity index is 1.19. The fourth-order valence-electron chi connectivity index (χ4n) is 3.83. The average molecular weight is 342 g/mol. The number of imidazole rings is 2. The molecule has 5 heteroatoms. The lowest BCUT2D eigenvalue weighted by Gasteiger charge is -2.17. The standard InChI is InChI=1S/C20H30N4O/c1-2-15(1)9-17(19-11-21-13-23-19)5-7-25-8-6-18(10-16-3-4-16)20-12-22-14-24-20/h11-18H,1-10H2,(H,21,23)(H,22,24). The number of H-pyrrole nitrogens is 2. The van der Waals surface area contributed by atoms with Gasteiger partial charge in [0.25, 0.3) is 0 Å². The van der Waals surface area contributed by atoms with E-state index < -0.39 is 0 Å². The van der Waals surface area contributed by atoms with Crippen LogP contribution in [0, 0.1) is 11.8 Å². The Bertz CT molecular complexity index is 547. The summed E-state index contributed by atoms with van der Waals surface area (Å²) in [5, 5.41) is 0. The molecule has 4 rings (SSSR count). The lowest BCUT2D eigenvalue weighted by atomic mass is 9.95. The fourth-order valence-corrected chi connectivity index (χ4v) is 3.83. The summed E-state index contributed by atoms with van der Waals surface area (Å²) in [7, 11) is 0. The molecule has 2 atom stereocenters. The summed E-state index contributed by atoms with van der Waals surface area (Å²) in [5.41, 5.74) is 2.41. The van der Waals surface area contributed by atoms with Crippen LogP contribution in [0.1, 0.15) is 74.6 Å². The van der Waals surface area contributed by atoms with Gasteiger partial charge in [0, 0.05) is 37.4 Å². The monoisotopic (exact) mass is 342 g/mol. The number of nitrogens with one attached hydrogen (secondary N) is 2. The van der Waals surface area contributed by atoms with Crippen LogP contribution in [0.15, 0.2) is 25.0 Å². The molecule has 0 amide bonds. The van der Waals surface area contributed by atoms with Crippen molar-refractivity contribution >= 4 is 0 Å². The lowest BCUT2D eigenvalue weighted by molar-refractivity contribution is 0.117. The minimum absolute atomic E-state index is 0.548. The Morgan fingerprint density at radius 2 is 1.32 bits per heavy atom. The minimum Gasteiger partial charge on any atom is -0.381 e. The van der Waals surface area contributed by atoms with Crippen LogP contribution >= 0.6 is 0 Å². The van der Waals surface area contributed by atoms with E-state index in [2.05, 4.69) is 32.3 Å². The highest BCUT2D eigenvalue weighted by molar-refractivity contribution is 5.05. The van der Waals surface area contributed by atoms with Crippen LogP contribution < -0.4 is 0 Å². The molecule has 2 N–H and O–H groups in total. The Hall–Kier alpha value is -1.62. The molecule has 5 nitrogen and oxygen atoms in total. The summed E-state index contributed by atoms with van der Waals surface area (Å²) in [6, 6.07) is 0. The van der Waals surface area contributed by atoms with Gasteiger partial charge < -0.3 is 14.7 Å². The molecule has 0 bridgehead atoms. The first kappa shape index (κ1) is 16.8. The highest BCUT2D eigenvalue weighted by atomic mass is 16.5. The first-order valence-electron chi connectivity index (χ1n) is 9.93. The predicted molar refractivity (Wildman–Crippen MR) is 97.4 cm³/mol. The molecule has 2 saturated carbocycles. The first-order chi connectivity index (χ1) is 12.4. The molecular weight excluding hydrogens is 312 g/mol. The molecule has 0 aromatic carbocycles. The third kappa shape index (κ3) is 5.18. The smallest absolute Gasteiger partial charge is 0.0923 e. The second-order valence-electron chi connectivity index (χ2n) is 7.93.